The van der Waals surface area contributed by atoms with E-state index in [4.69, 9.17) is 0 Å². The third-order valence-electron chi connectivity index (χ3n) is 4.00. The first-order valence-corrected chi connectivity index (χ1v) is 7.14. The van der Waals surface area contributed by atoms with Crippen molar-refractivity contribution in [3.63, 3.8) is 0 Å². The number of benzene rings is 1. The van der Waals surface area contributed by atoms with E-state index >= 15 is 0 Å². The van der Waals surface area contributed by atoms with Crippen LogP contribution in [0.15, 0.2) is 23.3 Å². The molecular weight excluding hydrogens is 287 g/mol. The first-order chi connectivity index (χ1) is 10.5. The van der Waals surface area contributed by atoms with Crippen LogP contribution < -0.4 is 9.80 Å². The van der Waals surface area contributed by atoms with Crippen molar-refractivity contribution in [2.75, 3.05) is 37.0 Å². The lowest BCUT2D eigenvalue weighted by molar-refractivity contribution is -0.130. The van der Waals surface area contributed by atoms with Crippen LogP contribution in [-0.4, -0.2) is 49.7 Å². The van der Waals surface area contributed by atoms with Crippen LogP contribution in [0.5, 0.6) is 0 Å². The fraction of sp³-hybridized carbons (Fsp3) is 0.400. The van der Waals surface area contributed by atoms with E-state index < -0.39 is 0 Å². The number of halogens is 1. The Morgan fingerprint density at radius 1 is 1.18 bits per heavy atom. The fourth-order valence-corrected chi connectivity index (χ4v) is 2.71. The molecule has 0 saturated heterocycles. The van der Waals surface area contributed by atoms with Gasteiger partial charge in [0.05, 0.1) is 11.4 Å². The molecule has 2 heterocycles. The van der Waals surface area contributed by atoms with E-state index in [1.54, 1.807) is 18.0 Å². The number of fused-ring (bicyclic) bond motifs is 1. The molecule has 6 nitrogen and oxygen atoms in total. The molecule has 1 aromatic carbocycles. The predicted molar refractivity (Wildman–Crippen MR) is 81.5 cm³/mol. The average molecular weight is 304 g/mol. The molecule has 0 N–H and O–H groups in total. The molecule has 0 fully saturated rings. The zero-order chi connectivity index (χ0) is 15.9. The zero-order valence-electron chi connectivity index (χ0n) is 12.5. The lowest BCUT2D eigenvalue weighted by Gasteiger charge is -2.36. The number of likely N-dealkylation sites (N-methyl/N-ethyl adjacent to an activating group) is 1. The summed E-state index contributed by atoms with van der Waals surface area (Å²) in [4.78, 5) is 27.7. The molecule has 0 unspecified atom stereocenters. The number of hydrazone groups is 1. The molecule has 0 radical (unpaired) electrons. The Morgan fingerprint density at radius 3 is 2.68 bits per heavy atom. The third kappa shape index (κ3) is 2.43. The van der Waals surface area contributed by atoms with Crippen molar-refractivity contribution < 1.29 is 14.0 Å². The summed E-state index contributed by atoms with van der Waals surface area (Å²) >= 11 is 0. The summed E-state index contributed by atoms with van der Waals surface area (Å²) in [6.07, 6.45) is 0.621. The SMILES string of the molecule is CN1N=C(C(=O)N2CCN(C)c3cc(F)ccc32)CCC1=O. The summed E-state index contributed by atoms with van der Waals surface area (Å²) in [5, 5.41) is 5.28. The second kappa shape index (κ2) is 5.40. The molecule has 7 heteroatoms. The molecule has 0 aliphatic carbocycles. The van der Waals surface area contributed by atoms with Crippen LogP contribution in [0.4, 0.5) is 15.8 Å². The smallest absolute Gasteiger partial charge is 0.274 e. The largest absolute Gasteiger partial charge is 0.371 e. The molecule has 0 saturated carbocycles. The van der Waals surface area contributed by atoms with Crippen molar-refractivity contribution in [3.8, 4) is 0 Å². The van der Waals surface area contributed by atoms with Crippen LogP contribution in [0.2, 0.25) is 0 Å². The van der Waals surface area contributed by atoms with E-state index in [0.717, 1.165) is 0 Å². The number of carbonyl (C=O) groups excluding carboxylic acids is 2. The zero-order valence-corrected chi connectivity index (χ0v) is 12.5. The van der Waals surface area contributed by atoms with Crippen LogP contribution in [0.3, 0.4) is 0 Å². The first kappa shape index (κ1) is 14.5. The molecule has 0 spiro atoms. The van der Waals surface area contributed by atoms with Crippen LogP contribution in [0, 0.1) is 5.82 Å². The van der Waals surface area contributed by atoms with Gasteiger partial charge < -0.3 is 9.80 Å². The van der Waals surface area contributed by atoms with Crippen LogP contribution >= 0.6 is 0 Å². The summed E-state index contributed by atoms with van der Waals surface area (Å²) in [6, 6.07) is 4.38. The summed E-state index contributed by atoms with van der Waals surface area (Å²) in [6.45, 7) is 1.12. The average Bonchev–Trinajstić information content (AvgIpc) is 2.50. The highest BCUT2D eigenvalue weighted by Gasteiger charge is 2.30. The molecule has 116 valence electrons. The molecule has 2 aliphatic heterocycles. The summed E-state index contributed by atoms with van der Waals surface area (Å²) in [7, 11) is 3.41. The Hall–Kier alpha value is -2.44. The lowest BCUT2D eigenvalue weighted by atomic mass is 10.1. The lowest BCUT2D eigenvalue weighted by Crippen LogP contribution is -2.47. The Labute approximate surface area is 127 Å². The van der Waals surface area contributed by atoms with Crippen LogP contribution in [-0.2, 0) is 9.59 Å². The van der Waals surface area contributed by atoms with Crippen LogP contribution in [0.1, 0.15) is 12.8 Å². The van der Waals surface area contributed by atoms with E-state index in [2.05, 4.69) is 5.10 Å². The highest BCUT2D eigenvalue weighted by molar-refractivity contribution is 6.44. The van der Waals surface area contributed by atoms with Gasteiger partial charge in [0.15, 0.2) is 0 Å². The number of carbonyl (C=O) groups is 2. The molecule has 0 bridgehead atoms. The molecule has 2 amide bonds. The Kier molecular flexibility index (Phi) is 3.56. The van der Waals surface area contributed by atoms with E-state index in [9.17, 15) is 14.0 Å². The normalized spacial score (nSPS) is 18.2. The number of nitrogens with zero attached hydrogens (tertiary/aromatic N) is 4. The standard InChI is InChI=1S/C15H17FN4O2/c1-18-7-8-20(12-5-3-10(16)9-13(12)18)15(22)11-4-6-14(21)19(2)17-11/h3,5,9H,4,6-8H2,1-2H3. The minimum Gasteiger partial charge on any atom is -0.371 e. The van der Waals surface area contributed by atoms with Gasteiger partial charge in [0, 0.05) is 40.0 Å². The van der Waals surface area contributed by atoms with Crippen molar-refractivity contribution >= 4 is 28.9 Å². The fourth-order valence-electron chi connectivity index (χ4n) is 2.71. The summed E-state index contributed by atoms with van der Waals surface area (Å²) in [5.41, 5.74) is 1.71. The number of hydrogen-bond acceptors (Lipinski definition) is 4. The van der Waals surface area contributed by atoms with E-state index in [0.29, 0.717) is 36.6 Å². The van der Waals surface area contributed by atoms with Gasteiger partial charge in [-0.2, -0.15) is 5.10 Å². The van der Waals surface area contributed by atoms with Gasteiger partial charge in [-0.15, -0.1) is 0 Å². The highest BCUT2D eigenvalue weighted by Crippen LogP contribution is 2.33. The maximum Gasteiger partial charge on any atom is 0.274 e. The number of rotatable bonds is 1. The van der Waals surface area contributed by atoms with Crippen molar-refractivity contribution in [1.82, 2.24) is 5.01 Å². The molecule has 1 aromatic rings. The van der Waals surface area contributed by atoms with E-state index in [1.165, 1.54) is 17.1 Å². The quantitative estimate of drug-likeness (QED) is 0.784. The van der Waals surface area contributed by atoms with Crippen molar-refractivity contribution in [1.29, 1.82) is 0 Å². The first-order valence-electron chi connectivity index (χ1n) is 7.14. The monoisotopic (exact) mass is 304 g/mol. The van der Waals surface area contributed by atoms with Crippen molar-refractivity contribution in [2.24, 2.45) is 5.10 Å². The van der Waals surface area contributed by atoms with Gasteiger partial charge in [0.25, 0.3) is 5.91 Å². The van der Waals surface area contributed by atoms with Gasteiger partial charge in [0.1, 0.15) is 11.5 Å². The summed E-state index contributed by atoms with van der Waals surface area (Å²) in [5.74, 6) is -0.655. The van der Waals surface area contributed by atoms with E-state index in [-0.39, 0.29) is 24.1 Å². The molecule has 0 aromatic heterocycles. The second-order valence-electron chi connectivity index (χ2n) is 5.48. The number of hydrogen-bond donors (Lipinski definition) is 0. The molecule has 0 atom stereocenters. The van der Waals surface area contributed by atoms with Crippen molar-refractivity contribution in [3.05, 3.63) is 24.0 Å². The third-order valence-corrected chi connectivity index (χ3v) is 4.00. The van der Waals surface area contributed by atoms with Crippen LogP contribution in [0.25, 0.3) is 0 Å². The molecular formula is C15H17FN4O2. The molecule has 2 aliphatic rings. The topological polar surface area (TPSA) is 56.2 Å². The van der Waals surface area contributed by atoms with Gasteiger partial charge in [-0.25, -0.2) is 9.40 Å². The second-order valence-corrected chi connectivity index (χ2v) is 5.48. The predicted octanol–water partition coefficient (Wildman–Crippen LogP) is 1.22. The minimum absolute atomic E-state index is 0.0996. The van der Waals surface area contributed by atoms with Crippen molar-refractivity contribution in [2.45, 2.75) is 12.8 Å². The van der Waals surface area contributed by atoms with Gasteiger partial charge in [-0.05, 0) is 18.2 Å². The highest BCUT2D eigenvalue weighted by atomic mass is 19.1. The Bertz CT molecular complexity index is 674. The van der Waals surface area contributed by atoms with Gasteiger partial charge in [-0.3, -0.25) is 9.59 Å². The molecule has 3 rings (SSSR count). The Morgan fingerprint density at radius 2 is 1.95 bits per heavy atom. The minimum atomic E-state index is -0.333. The van der Waals surface area contributed by atoms with Gasteiger partial charge in [-0.1, -0.05) is 0 Å². The molecule has 22 heavy (non-hydrogen) atoms. The Balaban J connectivity index is 1.93. The summed E-state index contributed by atoms with van der Waals surface area (Å²) < 4.78 is 13.4. The number of anilines is 2. The number of amides is 2. The maximum atomic E-state index is 13.4. The van der Waals surface area contributed by atoms with Gasteiger partial charge >= 0.3 is 0 Å². The maximum absolute atomic E-state index is 13.4. The van der Waals surface area contributed by atoms with E-state index in [1.807, 2.05) is 11.9 Å². The van der Waals surface area contributed by atoms with Gasteiger partial charge in [0.2, 0.25) is 5.91 Å².